The molecule has 0 aliphatic rings. The van der Waals surface area contributed by atoms with Gasteiger partial charge in [0.1, 0.15) is 0 Å². The number of aromatic nitrogens is 1. The van der Waals surface area contributed by atoms with Crippen molar-refractivity contribution in [2.75, 3.05) is 0 Å². The molecule has 15 heavy (non-hydrogen) atoms. The SMILES string of the molecule is C=Cc1cc(C(F)(F)F)c(C(=O)O)cn1. The average molecular weight is 217 g/mol. The van der Waals surface area contributed by atoms with Crippen LogP contribution in [0.4, 0.5) is 13.2 Å². The minimum absolute atomic E-state index is 0.0210. The lowest BCUT2D eigenvalue weighted by molar-refractivity contribution is -0.138. The number of nitrogens with zero attached hydrogens (tertiary/aromatic N) is 1. The zero-order chi connectivity index (χ0) is 11.6. The van der Waals surface area contributed by atoms with Crippen molar-refractivity contribution in [3.63, 3.8) is 0 Å². The maximum absolute atomic E-state index is 12.4. The van der Waals surface area contributed by atoms with Crippen LogP contribution < -0.4 is 0 Å². The van der Waals surface area contributed by atoms with Gasteiger partial charge in [0.05, 0.1) is 16.8 Å². The number of alkyl halides is 3. The number of rotatable bonds is 2. The molecule has 0 saturated heterocycles. The van der Waals surface area contributed by atoms with Crippen molar-refractivity contribution >= 4 is 12.0 Å². The Morgan fingerprint density at radius 2 is 2.13 bits per heavy atom. The van der Waals surface area contributed by atoms with Gasteiger partial charge in [0.25, 0.3) is 0 Å². The number of halogens is 3. The molecule has 80 valence electrons. The van der Waals surface area contributed by atoms with E-state index in [-0.39, 0.29) is 5.69 Å². The van der Waals surface area contributed by atoms with Gasteiger partial charge in [-0.25, -0.2) is 4.79 Å². The Balaban J connectivity index is 3.42. The Morgan fingerprint density at radius 3 is 2.53 bits per heavy atom. The first-order valence-electron chi connectivity index (χ1n) is 3.79. The molecule has 1 heterocycles. The monoisotopic (exact) mass is 217 g/mol. The molecular weight excluding hydrogens is 211 g/mol. The molecule has 0 bridgehead atoms. The fourth-order valence-corrected chi connectivity index (χ4v) is 0.988. The van der Waals surface area contributed by atoms with E-state index in [2.05, 4.69) is 11.6 Å². The van der Waals surface area contributed by atoms with Crippen molar-refractivity contribution in [1.82, 2.24) is 4.98 Å². The summed E-state index contributed by atoms with van der Waals surface area (Å²) < 4.78 is 37.2. The van der Waals surface area contributed by atoms with Crippen LogP contribution in [0.15, 0.2) is 18.8 Å². The molecule has 0 saturated carbocycles. The van der Waals surface area contributed by atoms with Crippen molar-refractivity contribution in [3.8, 4) is 0 Å². The van der Waals surface area contributed by atoms with Gasteiger partial charge in [-0.2, -0.15) is 13.2 Å². The number of hydrogen-bond donors (Lipinski definition) is 1. The van der Waals surface area contributed by atoms with Crippen LogP contribution in [0.3, 0.4) is 0 Å². The minimum atomic E-state index is -4.71. The molecular formula is C9H6F3NO2. The first-order chi connectivity index (χ1) is 6.86. The molecule has 1 rings (SSSR count). The largest absolute Gasteiger partial charge is 0.478 e. The zero-order valence-electron chi connectivity index (χ0n) is 7.38. The van der Waals surface area contributed by atoms with Gasteiger partial charge in [-0.1, -0.05) is 6.58 Å². The van der Waals surface area contributed by atoms with E-state index in [1.54, 1.807) is 0 Å². The zero-order valence-corrected chi connectivity index (χ0v) is 7.38. The Kier molecular flexibility index (Phi) is 2.78. The number of carboxylic acid groups (broad SMARTS) is 1. The summed E-state index contributed by atoms with van der Waals surface area (Å²) in [6, 6.07) is 0.649. The second kappa shape index (κ2) is 3.72. The quantitative estimate of drug-likeness (QED) is 0.827. The Bertz CT molecular complexity index is 412. The van der Waals surface area contributed by atoms with Gasteiger partial charge < -0.3 is 5.11 Å². The third-order valence-electron chi connectivity index (χ3n) is 1.67. The number of aromatic carboxylic acids is 1. The second-order valence-corrected chi connectivity index (χ2v) is 2.66. The van der Waals surface area contributed by atoms with Crippen molar-refractivity contribution in [1.29, 1.82) is 0 Å². The van der Waals surface area contributed by atoms with E-state index >= 15 is 0 Å². The predicted octanol–water partition coefficient (Wildman–Crippen LogP) is 2.44. The van der Waals surface area contributed by atoms with Gasteiger partial charge in [0, 0.05) is 6.20 Å². The highest BCUT2D eigenvalue weighted by Crippen LogP contribution is 2.32. The number of carboxylic acids is 1. The Hall–Kier alpha value is -1.85. The van der Waals surface area contributed by atoms with Crippen molar-refractivity contribution in [2.45, 2.75) is 6.18 Å². The molecule has 0 unspecified atom stereocenters. The first kappa shape index (κ1) is 11.2. The van der Waals surface area contributed by atoms with Crippen LogP contribution in [0.25, 0.3) is 6.08 Å². The summed E-state index contributed by atoms with van der Waals surface area (Å²) in [7, 11) is 0. The summed E-state index contributed by atoms with van der Waals surface area (Å²) in [6.07, 6.45) is -2.93. The van der Waals surface area contributed by atoms with Crippen LogP contribution in [-0.4, -0.2) is 16.1 Å². The van der Waals surface area contributed by atoms with Gasteiger partial charge in [-0.15, -0.1) is 0 Å². The van der Waals surface area contributed by atoms with E-state index in [1.807, 2.05) is 0 Å². The first-order valence-corrected chi connectivity index (χ1v) is 3.79. The van der Waals surface area contributed by atoms with E-state index in [0.717, 1.165) is 6.08 Å². The molecule has 0 aliphatic carbocycles. The van der Waals surface area contributed by atoms with E-state index in [9.17, 15) is 18.0 Å². The molecule has 0 aromatic carbocycles. The normalized spacial score (nSPS) is 11.1. The van der Waals surface area contributed by atoms with Gasteiger partial charge in [0.15, 0.2) is 0 Å². The number of hydrogen-bond acceptors (Lipinski definition) is 2. The summed E-state index contributed by atoms with van der Waals surface area (Å²) >= 11 is 0. The maximum Gasteiger partial charge on any atom is 0.417 e. The summed E-state index contributed by atoms with van der Waals surface area (Å²) in [5.41, 5.74) is -2.11. The minimum Gasteiger partial charge on any atom is -0.478 e. The average Bonchev–Trinajstić information content (AvgIpc) is 2.15. The lowest BCUT2D eigenvalue weighted by Gasteiger charge is -2.09. The summed E-state index contributed by atoms with van der Waals surface area (Å²) in [6.45, 7) is 3.25. The van der Waals surface area contributed by atoms with Crippen LogP contribution in [-0.2, 0) is 6.18 Å². The molecule has 0 fully saturated rings. The third-order valence-corrected chi connectivity index (χ3v) is 1.67. The second-order valence-electron chi connectivity index (χ2n) is 2.66. The molecule has 0 atom stereocenters. The van der Waals surface area contributed by atoms with E-state index in [4.69, 9.17) is 5.11 Å². The molecule has 1 aromatic rings. The fourth-order valence-electron chi connectivity index (χ4n) is 0.988. The molecule has 0 spiro atoms. The van der Waals surface area contributed by atoms with Crippen molar-refractivity contribution in [2.24, 2.45) is 0 Å². The standard InChI is InChI=1S/C9H6F3NO2/c1-2-5-3-7(9(10,11)12)6(4-13-5)8(14)15/h2-4H,1H2,(H,14,15). The highest BCUT2D eigenvalue weighted by atomic mass is 19.4. The molecule has 1 N–H and O–H groups in total. The molecule has 0 radical (unpaired) electrons. The molecule has 1 aromatic heterocycles. The molecule has 0 aliphatic heterocycles. The predicted molar refractivity (Wildman–Crippen MR) is 46.3 cm³/mol. The van der Waals surface area contributed by atoms with E-state index in [0.29, 0.717) is 12.3 Å². The van der Waals surface area contributed by atoms with Crippen molar-refractivity contribution < 1.29 is 23.1 Å². The van der Waals surface area contributed by atoms with Gasteiger partial charge >= 0.3 is 12.1 Å². The maximum atomic E-state index is 12.4. The van der Waals surface area contributed by atoms with Gasteiger partial charge in [-0.05, 0) is 12.1 Å². The molecule has 6 heteroatoms. The Labute approximate surface area is 82.9 Å². The fraction of sp³-hybridized carbons (Fsp3) is 0.111. The van der Waals surface area contributed by atoms with E-state index in [1.165, 1.54) is 0 Å². The third kappa shape index (κ3) is 2.34. The van der Waals surface area contributed by atoms with E-state index < -0.39 is 23.3 Å². The van der Waals surface area contributed by atoms with Crippen molar-refractivity contribution in [3.05, 3.63) is 35.7 Å². The van der Waals surface area contributed by atoms with Crippen LogP contribution >= 0.6 is 0 Å². The van der Waals surface area contributed by atoms with Crippen LogP contribution in [0.5, 0.6) is 0 Å². The topological polar surface area (TPSA) is 50.2 Å². The number of pyridine rings is 1. The lowest BCUT2D eigenvalue weighted by Crippen LogP contribution is -2.13. The van der Waals surface area contributed by atoms with Gasteiger partial charge in [-0.3, -0.25) is 4.98 Å². The highest BCUT2D eigenvalue weighted by molar-refractivity contribution is 5.89. The summed E-state index contributed by atoms with van der Waals surface area (Å²) in [5, 5.41) is 8.53. The van der Waals surface area contributed by atoms with Crippen LogP contribution in [0, 0.1) is 0 Å². The van der Waals surface area contributed by atoms with Gasteiger partial charge in [0.2, 0.25) is 0 Å². The lowest BCUT2D eigenvalue weighted by atomic mass is 10.1. The molecule has 0 amide bonds. The number of carbonyl (C=O) groups is 1. The summed E-state index contributed by atoms with van der Waals surface area (Å²) in [4.78, 5) is 14.0. The molecule has 3 nitrogen and oxygen atoms in total. The Morgan fingerprint density at radius 1 is 1.53 bits per heavy atom. The smallest absolute Gasteiger partial charge is 0.417 e. The summed E-state index contributed by atoms with van der Waals surface area (Å²) in [5.74, 6) is -1.66. The van der Waals surface area contributed by atoms with Crippen LogP contribution in [0.2, 0.25) is 0 Å². The highest BCUT2D eigenvalue weighted by Gasteiger charge is 2.35. The van der Waals surface area contributed by atoms with Crippen LogP contribution in [0.1, 0.15) is 21.6 Å².